The summed E-state index contributed by atoms with van der Waals surface area (Å²) in [6.45, 7) is 6.40. The monoisotopic (exact) mass is 339 g/mol. The molecular weight excluding hydrogens is 314 g/mol. The second kappa shape index (κ2) is 4.41. The Morgan fingerprint density at radius 1 is 1.28 bits per heavy atom. The summed E-state index contributed by atoms with van der Waals surface area (Å²) in [7, 11) is 0. The minimum Gasteiger partial charge on any atom is -0.504 e. The molecule has 1 aromatic carbocycles. The first-order chi connectivity index (χ1) is 12.0. The summed E-state index contributed by atoms with van der Waals surface area (Å²) in [6.07, 6.45) is 5.79. The Balaban J connectivity index is 1.58. The van der Waals surface area contributed by atoms with Crippen molar-refractivity contribution in [2.24, 2.45) is 5.92 Å². The molecule has 0 amide bonds. The Kier molecular flexibility index (Phi) is 2.58. The maximum absolute atomic E-state index is 12.1. The van der Waals surface area contributed by atoms with Crippen LogP contribution in [0.1, 0.15) is 43.2 Å². The summed E-state index contributed by atoms with van der Waals surface area (Å²) in [6, 6.07) is 3.96. The highest BCUT2D eigenvalue weighted by molar-refractivity contribution is 5.63. The number of rotatable bonds is 2. The summed E-state index contributed by atoms with van der Waals surface area (Å²) >= 11 is 0. The summed E-state index contributed by atoms with van der Waals surface area (Å²) in [4.78, 5) is 2.56. The Morgan fingerprint density at radius 2 is 2.12 bits per heavy atom. The average molecular weight is 339 g/mol. The summed E-state index contributed by atoms with van der Waals surface area (Å²) < 4.78 is 6.29. The van der Waals surface area contributed by atoms with Gasteiger partial charge in [0.05, 0.1) is 11.0 Å². The smallest absolute Gasteiger partial charge is 0.166 e. The van der Waals surface area contributed by atoms with Gasteiger partial charge in [-0.2, -0.15) is 0 Å². The zero-order valence-corrected chi connectivity index (χ0v) is 14.5. The maximum Gasteiger partial charge on any atom is 0.166 e. The lowest BCUT2D eigenvalue weighted by Gasteiger charge is -2.63. The van der Waals surface area contributed by atoms with E-state index in [-0.39, 0.29) is 17.9 Å². The van der Waals surface area contributed by atoms with Crippen LogP contribution in [0.4, 0.5) is 0 Å². The molecule has 6 rings (SSSR count). The van der Waals surface area contributed by atoms with Gasteiger partial charge in [-0.3, -0.25) is 4.90 Å². The van der Waals surface area contributed by atoms with Crippen molar-refractivity contribution in [3.8, 4) is 11.5 Å². The molecule has 5 aliphatic rings. The molecule has 2 N–H and O–H groups in total. The van der Waals surface area contributed by atoms with Gasteiger partial charge in [-0.05, 0) is 68.2 Å². The van der Waals surface area contributed by atoms with Crippen LogP contribution < -0.4 is 4.74 Å². The molecular formula is C21H25NO3. The molecule has 2 aliphatic heterocycles. The van der Waals surface area contributed by atoms with Crippen molar-refractivity contribution in [2.75, 3.05) is 13.1 Å². The topological polar surface area (TPSA) is 52.9 Å². The maximum atomic E-state index is 12.1. The number of hydrogen-bond acceptors (Lipinski definition) is 4. The molecule has 1 spiro atoms. The minimum absolute atomic E-state index is 0.157. The molecule has 25 heavy (non-hydrogen) atoms. The van der Waals surface area contributed by atoms with E-state index in [1.54, 1.807) is 6.07 Å². The van der Waals surface area contributed by atoms with Gasteiger partial charge in [-0.15, -0.1) is 0 Å². The van der Waals surface area contributed by atoms with Crippen LogP contribution in [0.3, 0.4) is 0 Å². The number of benzene rings is 1. The van der Waals surface area contributed by atoms with Crippen molar-refractivity contribution in [3.05, 3.63) is 35.4 Å². The zero-order chi connectivity index (χ0) is 17.0. The van der Waals surface area contributed by atoms with Gasteiger partial charge in [0.25, 0.3) is 0 Å². The van der Waals surface area contributed by atoms with Crippen molar-refractivity contribution in [1.82, 2.24) is 4.90 Å². The summed E-state index contributed by atoms with van der Waals surface area (Å²) in [5, 5.41) is 22.5. The number of hydrogen-bond donors (Lipinski definition) is 2. The molecule has 2 bridgehead atoms. The molecule has 3 aliphatic carbocycles. The number of phenolic OH excluding ortho intramolecular Hbond substituents is 1. The first-order valence-corrected chi connectivity index (χ1v) is 9.71. The Hall–Kier alpha value is -1.52. The third kappa shape index (κ3) is 1.57. The second-order valence-electron chi connectivity index (χ2n) is 8.91. The van der Waals surface area contributed by atoms with Crippen LogP contribution in [-0.4, -0.2) is 45.9 Å². The predicted octanol–water partition coefficient (Wildman–Crippen LogP) is 2.51. The van der Waals surface area contributed by atoms with Crippen LogP contribution in [0.15, 0.2) is 24.3 Å². The van der Waals surface area contributed by atoms with Gasteiger partial charge < -0.3 is 14.9 Å². The van der Waals surface area contributed by atoms with E-state index in [1.165, 1.54) is 18.4 Å². The molecule has 2 heterocycles. The van der Waals surface area contributed by atoms with E-state index in [2.05, 4.69) is 11.5 Å². The molecule has 4 atom stereocenters. The predicted molar refractivity (Wildman–Crippen MR) is 93.9 cm³/mol. The number of aliphatic hydroxyl groups is 1. The average Bonchev–Trinajstić information content (AvgIpc) is 3.32. The Morgan fingerprint density at radius 3 is 2.92 bits per heavy atom. The van der Waals surface area contributed by atoms with Crippen molar-refractivity contribution in [2.45, 2.75) is 61.7 Å². The molecule has 2 saturated carbocycles. The number of piperidine rings is 1. The van der Waals surface area contributed by atoms with E-state index in [0.29, 0.717) is 5.75 Å². The van der Waals surface area contributed by atoms with Gasteiger partial charge in [0.2, 0.25) is 0 Å². The molecule has 0 aromatic heterocycles. The molecule has 4 heteroatoms. The van der Waals surface area contributed by atoms with Crippen molar-refractivity contribution in [1.29, 1.82) is 0 Å². The van der Waals surface area contributed by atoms with E-state index in [1.807, 2.05) is 6.07 Å². The lowest BCUT2D eigenvalue weighted by molar-refractivity contribution is -0.174. The van der Waals surface area contributed by atoms with E-state index >= 15 is 0 Å². The third-order valence-electron chi connectivity index (χ3n) is 7.71. The molecule has 132 valence electrons. The SMILES string of the molecule is C=C1CC[C@@]2(O)[C@@H]3Cc4ccc(O)c5c4[C@]2(CCN3CC2CC2)[C@@H]1O5. The fraction of sp³-hybridized carbons (Fsp3) is 0.619. The van der Waals surface area contributed by atoms with E-state index in [4.69, 9.17) is 4.74 Å². The molecule has 1 saturated heterocycles. The first-order valence-electron chi connectivity index (χ1n) is 9.71. The zero-order valence-electron chi connectivity index (χ0n) is 14.5. The van der Waals surface area contributed by atoms with Gasteiger partial charge in [-0.25, -0.2) is 0 Å². The summed E-state index contributed by atoms with van der Waals surface area (Å²) in [5.74, 6) is 1.64. The number of aromatic hydroxyl groups is 1. The fourth-order valence-electron chi connectivity index (χ4n) is 6.39. The van der Waals surface area contributed by atoms with Gasteiger partial charge in [0.1, 0.15) is 6.10 Å². The van der Waals surface area contributed by atoms with Crippen LogP contribution in [0.25, 0.3) is 0 Å². The highest BCUT2D eigenvalue weighted by Gasteiger charge is 2.71. The van der Waals surface area contributed by atoms with Crippen LogP contribution in [0, 0.1) is 5.92 Å². The molecule has 3 fully saturated rings. The number of phenols is 1. The number of nitrogens with zero attached hydrogens (tertiary/aromatic N) is 1. The number of likely N-dealkylation sites (tertiary alicyclic amines) is 1. The standard InChI is InChI=1S/C21H25NO3/c1-12-6-7-21(24)16-10-14-4-5-15(23)18-17(14)20(21,19(12)25-18)8-9-22(16)11-13-2-3-13/h4-5,13,16,19,23-24H,1-3,6-11H2/t16-,19+,20+,21+/m0/s1. The van der Waals surface area contributed by atoms with Crippen LogP contribution in [0.2, 0.25) is 0 Å². The van der Waals surface area contributed by atoms with Crippen LogP contribution >= 0.6 is 0 Å². The summed E-state index contributed by atoms with van der Waals surface area (Å²) in [5.41, 5.74) is 2.21. The first kappa shape index (κ1) is 14.6. The lowest BCUT2D eigenvalue weighted by atomic mass is 9.48. The third-order valence-corrected chi connectivity index (χ3v) is 7.71. The normalized spacial score (nSPS) is 41.4. The van der Waals surface area contributed by atoms with Crippen LogP contribution in [0.5, 0.6) is 11.5 Å². The van der Waals surface area contributed by atoms with Crippen molar-refractivity contribution in [3.63, 3.8) is 0 Å². The quantitative estimate of drug-likeness (QED) is 0.813. The molecule has 0 unspecified atom stereocenters. The highest BCUT2D eigenvalue weighted by Crippen LogP contribution is 2.66. The van der Waals surface area contributed by atoms with Crippen LogP contribution in [-0.2, 0) is 11.8 Å². The highest BCUT2D eigenvalue weighted by atomic mass is 16.5. The Labute approximate surface area is 148 Å². The van der Waals surface area contributed by atoms with Gasteiger partial charge in [0.15, 0.2) is 11.5 Å². The fourth-order valence-corrected chi connectivity index (χ4v) is 6.39. The van der Waals surface area contributed by atoms with E-state index < -0.39 is 11.0 Å². The number of ether oxygens (including phenoxy) is 1. The minimum atomic E-state index is -0.780. The van der Waals surface area contributed by atoms with Gasteiger partial charge >= 0.3 is 0 Å². The largest absolute Gasteiger partial charge is 0.504 e. The van der Waals surface area contributed by atoms with Crippen molar-refractivity contribution >= 4 is 0 Å². The lowest BCUT2D eigenvalue weighted by Crippen LogP contribution is -2.75. The molecule has 1 aromatic rings. The molecule has 0 radical (unpaired) electrons. The van der Waals surface area contributed by atoms with E-state index in [0.717, 1.165) is 55.8 Å². The van der Waals surface area contributed by atoms with Gasteiger partial charge in [0, 0.05) is 18.2 Å². The van der Waals surface area contributed by atoms with E-state index in [9.17, 15) is 10.2 Å². The molecule has 4 nitrogen and oxygen atoms in total. The Bertz CT molecular complexity index is 801. The second-order valence-corrected chi connectivity index (χ2v) is 8.91. The van der Waals surface area contributed by atoms with Crippen molar-refractivity contribution < 1.29 is 14.9 Å². The van der Waals surface area contributed by atoms with Gasteiger partial charge in [-0.1, -0.05) is 12.6 Å².